The predicted octanol–water partition coefficient (Wildman–Crippen LogP) is 4.15. The van der Waals surface area contributed by atoms with Gasteiger partial charge in [0.05, 0.1) is 0 Å². The summed E-state index contributed by atoms with van der Waals surface area (Å²) in [6.45, 7) is 1.91. The second kappa shape index (κ2) is 9.19. The first-order chi connectivity index (χ1) is 14.3. The van der Waals surface area contributed by atoms with Gasteiger partial charge in [-0.1, -0.05) is 42.5 Å². The van der Waals surface area contributed by atoms with Gasteiger partial charge in [0.15, 0.2) is 6.61 Å². The van der Waals surface area contributed by atoms with Crippen molar-refractivity contribution in [2.75, 3.05) is 29.9 Å². The highest BCUT2D eigenvalue weighted by Gasteiger charge is 2.13. The number of piperidine rings is 1. The molecule has 29 heavy (non-hydrogen) atoms. The Balaban J connectivity index is 1.31. The van der Waals surface area contributed by atoms with E-state index in [2.05, 4.69) is 32.3 Å². The van der Waals surface area contributed by atoms with Gasteiger partial charge in [-0.3, -0.25) is 4.79 Å². The van der Waals surface area contributed by atoms with Crippen molar-refractivity contribution in [2.24, 2.45) is 0 Å². The third-order valence-corrected chi connectivity index (χ3v) is 4.93. The molecule has 1 saturated heterocycles. The number of hydrogen-bond acceptors (Lipinski definition) is 5. The average Bonchev–Trinajstić information content (AvgIpc) is 2.79. The van der Waals surface area contributed by atoms with Crippen LogP contribution in [0.1, 0.15) is 19.3 Å². The van der Waals surface area contributed by atoms with E-state index < -0.39 is 0 Å². The third kappa shape index (κ3) is 5.10. The van der Waals surface area contributed by atoms with Crippen LogP contribution in [0.4, 0.5) is 11.6 Å². The van der Waals surface area contributed by atoms with E-state index in [1.165, 1.54) is 25.6 Å². The maximum Gasteiger partial charge on any atom is 0.263 e. The number of carbonyl (C=O) groups excluding carboxylic acids is 1. The van der Waals surface area contributed by atoms with E-state index in [0.29, 0.717) is 11.6 Å². The van der Waals surface area contributed by atoms with E-state index in [-0.39, 0.29) is 12.5 Å². The van der Waals surface area contributed by atoms with Crippen LogP contribution in [-0.2, 0) is 4.79 Å². The molecule has 0 unspecified atom stereocenters. The van der Waals surface area contributed by atoms with Crippen molar-refractivity contribution >= 4 is 17.5 Å². The van der Waals surface area contributed by atoms with Gasteiger partial charge in [0, 0.05) is 19.2 Å². The number of ether oxygens (including phenoxy) is 1. The number of aromatic nitrogens is 2. The summed E-state index contributed by atoms with van der Waals surface area (Å²) in [7, 11) is 0. The van der Waals surface area contributed by atoms with Crippen molar-refractivity contribution in [1.29, 1.82) is 0 Å². The van der Waals surface area contributed by atoms with E-state index in [0.717, 1.165) is 30.0 Å². The Bertz CT molecular complexity index is 939. The molecule has 1 fully saturated rings. The smallest absolute Gasteiger partial charge is 0.263 e. The van der Waals surface area contributed by atoms with Gasteiger partial charge in [-0.05, 0) is 42.5 Å². The minimum atomic E-state index is -0.250. The normalized spacial score (nSPS) is 13.7. The first-order valence-corrected chi connectivity index (χ1v) is 9.93. The van der Waals surface area contributed by atoms with Gasteiger partial charge in [-0.25, -0.2) is 9.97 Å². The Hall–Kier alpha value is -3.41. The van der Waals surface area contributed by atoms with Crippen LogP contribution in [0.5, 0.6) is 5.75 Å². The number of rotatable bonds is 6. The largest absolute Gasteiger partial charge is 0.484 e. The summed E-state index contributed by atoms with van der Waals surface area (Å²) < 4.78 is 5.61. The second-order valence-electron chi connectivity index (χ2n) is 7.04. The number of hydrogen-bond donors (Lipinski definition) is 1. The topological polar surface area (TPSA) is 67.3 Å². The van der Waals surface area contributed by atoms with Crippen LogP contribution in [0.3, 0.4) is 0 Å². The molecule has 3 aromatic rings. The molecule has 0 atom stereocenters. The van der Waals surface area contributed by atoms with Gasteiger partial charge < -0.3 is 15.0 Å². The van der Waals surface area contributed by atoms with Crippen LogP contribution in [0.15, 0.2) is 67.0 Å². The van der Waals surface area contributed by atoms with Gasteiger partial charge >= 0.3 is 0 Å². The molecule has 6 nitrogen and oxygen atoms in total. The summed E-state index contributed by atoms with van der Waals surface area (Å²) >= 11 is 0. The number of nitrogens with one attached hydrogen (secondary N) is 1. The van der Waals surface area contributed by atoms with Crippen LogP contribution < -0.4 is 15.0 Å². The molecule has 1 N–H and O–H groups in total. The molecule has 0 aliphatic carbocycles. The van der Waals surface area contributed by atoms with E-state index in [9.17, 15) is 4.79 Å². The molecular weight excluding hydrogens is 364 g/mol. The molecule has 0 spiro atoms. The van der Waals surface area contributed by atoms with E-state index in [1.807, 2.05) is 48.5 Å². The van der Waals surface area contributed by atoms with Crippen LogP contribution in [0.25, 0.3) is 11.1 Å². The maximum atomic E-state index is 12.3. The molecule has 6 heteroatoms. The Morgan fingerprint density at radius 2 is 1.66 bits per heavy atom. The van der Waals surface area contributed by atoms with Crippen molar-refractivity contribution in [2.45, 2.75) is 19.3 Å². The summed E-state index contributed by atoms with van der Waals surface area (Å²) in [5.74, 6) is 1.75. The van der Waals surface area contributed by atoms with Crippen LogP contribution in [0, 0.1) is 0 Å². The lowest BCUT2D eigenvalue weighted by atomic mass is 10.1. The Labute approximate surface area is 170 Å². The molecule has 1 aliphatic rings. The number of benzene rings is 2. The fourth-order valence-electron chi connectivity index (χ4n) is 3.41. The lowest BCUT2D eigenvalue weighted by Crippen LogP contribution is -2.30. The fourth-order valence-corrected chi connectivity index (χ4v) is 3.41. The molecule has 2 heterocycles. The minimum absolute atomic E-state index is 0.0757. The molecule has 0 radical (unpaired) electrons. The average molecular weight is 388 g/mol. The van der Waals surface area contributed by atoms with Crippen LogP contribution in [-0.4, -0.2) is 35.6 Å². The first kappa shape index (κ1) is 18.9. The third-order valence-electron chi connectivity index (χ3n) is 4.93. The standard InChI is InChI=1S/C23H24N4O2/c28-23(26-21-15-22(25-17-24-21)27-13-5-2-6-14-27)16-29-20-11-9-19(10-12-20)18-7-3-1-4-8-18/h1,3-4,7-12,15,17H,2,5-6,13-14,16H2,(H,24,25,26,28). The molecule has 148 valence electrons. The van der Waals surface area contributed by atoms with Crippen molar-refractivity contribution in [3.05, 3.63) is 67.0 Å². The van der Waals surface area contributed by atoms with Gasteiger partial charge in [0.1, 0.15) is 23.7 Å². The number of amides is 1. The molecule has 0 saturated carbocycles. The Morgan fingerprint density at radius 3 is 2.41 bits per heavy atom. The predicted molar refractivity (Wildman–Crippen MR) is 114 cm³/mol. The number of carbonyl (C=O) groups is 1. The monoisotopic (exact) mass is 388 g/mol. The zero-order chi connectivity index (χ0) is 19.9. The minimum Gasteiger partial charge on any atom is -0.484 e. The van der Waals surface area contributed by atoms with Crippen molar-refractivity contribution in [1.82, 2.24) is 9.97 Å². The van der Waals surface area contributed by atoms with Crippen molar-refractivity contribution in [3.63, 3.8) is 0 Å². The van der Waals surface area contributed by atoms with Gasteiger partial charge in [-0.2, -0.15) is 0 Å². The molecule has 0 bridgehead atoms. The Morgan fingerprint density at radius 1 is 0.931 bits per heavy atom. The Kier molecular flexibility index (Phi) is 6.00. The van der Waals surface area contributed by atoms with Gasteiger partial charge in [0.25, 0.3) is 5.91 Å². The van der Waals surface area contributed by atoms with Gasteiger partial charge in [-0.15, -0.1) is 0 Å². The summed E-state index contributed by atoms with van der Waals surface area (Å²) in [4.78, 5) is 23.0. The second-order valence-corrected chi connectivity index (χ2v) is 7.04. The van der Waals surface area contributed by atoms with Crippen molar-refractivity contribution < 1.29 is 9.53 Å². The molecule has 1 amide bonds. The first-order valence-electron chi connectivity index (χ1n) is 9.93. The lowest BCUT2D eigenvalue weighted by Gasteiger charge is -2.27. The van der Waals surface area contributed by atoms with E-state index >= 15 is 0 Å². The summed E-state index contributed by atoms with van der Waals surface area (Å²) in [6.07, 6.45) is 5.09. The molecular formula is C23H24N4O2. The highest BCUT2D eigenvalue weighted by atomic mass is 16.5. The van der Waals surface area contributed by atoms with Crippen LogP contribution in [0.2, 0.25) is 0 Å². The maximum absolute atomic E-state index is 12.3. The molecule has 1 aromatic heterocycles. The quantitative estimate of drug-likeness (QED) is 0.687. The van der Waals surface area contributed by atoms with Crippen molar-refractivity contribution in [3.8, 4) is 16.9 Å². The summed E-state index contributed by atoms with van der Waals surface area (Å²) in [5.41, 5.74) is 2.25. The highest BCUT2D eigenvalue weighted by Crippen LogP contribution is 2.22. The summed E-state index contributed by atoms with van der Waals surface area (Å²) in [5, 5.41) is 2.79. The SMILES string of the molecule is O=C(COc1ccc(-c2ccccc2)cc1)Nc1cc(N2CCCCC2)ncn1. The molecule has 1 aliphatic heterocycles. The van der Waals surface area contributed by atoms with Gasteiger partial charge in [0.2, 0.25) is 0 Å². The number of nitrogens with zero attached hydrogens (tertiary/aromatic N) is 3. The van der Waals surface area contributed by atoms with Crippen LogP contribution >= 0.6 is 0 Å². The lowest BCUT2D eigenvalue weighted by molar-refractivity contribution is -0.118. The fraction of sp³-hybridized carbons (Fsp3) is 0.261. The zero-order valence-corrected chi connectivity index (χ0v) is 16.3. The molecule has 4 rings (SSSR count). The summed E-state index contributed by atoms with van der Waals surface area (Å²) in [6, 6.07) is 19.7. The highest BCUT2D eigenvalue weighted by molar-refractivity contribution is 5.91. The van der Waals surface area contributed by atoms with E-state index in [1.54, 1.807) is 0 Å². The zero-order valence-electron chi connectivity index (χ0n) is 16.3. The number of anilines is 2. The molecule has 2 aromatic carbocycles. The van der Waals surface area contributed by atoms with E-state index in [4.69, 9.17) is 4.74 Å².